The van der Waals surface area contributed by atoms with Gasteiger partial charge in [-0.25, -0.2) is 0 Å². The van der Waals surface area contributed by atoms with Crippen molar-refractivity contribution in [3.63, 3.8) is 0 Å². The summed E-state index contributed by atoms with van der Waals surface area (Å²) in [7, 11) is 0.0410. The van der Waals surface area contributed by atoms with Gasteiger partial charge in [0.15, 0.2) is 0 Å². The first-order valence-corrected chi connectivity index (χ1v) is 6.74. The maximum atomic E-state index is 6.00. The van der Waals surface area contributed by atoms with Crippen LogP contribution in [0.4, 0.5) is 0 Å². The largest absolute Gasteiger partial charge is 0.457 e. The summed E-state index contributed by atoms with van der Waals surface area (Å²) in [4.78, 5) is 0. The summed E-state index contributed by atoms with van der Waals surface area (Å²) in [5, 5.41) is 0. The molecule has 2 aliphatic rings. The van der Waals surface area contributed by atoms with Gasteiger partial charge in [-0.2, -0.15) is 0 Å². The third-order valence-corrected chi connectivity index (χ3v) is 3.82. The zero-order chi connectivity index (χ0) is 11.7. The van der Waals surface area contributed by atoms with E-state index >= 15 is 0 Å². The Morgan fingerprint density at radius 3 is 2.24 bits per heavy atom. The lowest BCUT2D eigenvalue weighted by Gasteiger charge is -2.26. The summed E-state index contributed by atoms with van der Waals surface area (Å²) >= 11 is 0. The number of unbranched alkanes of at least 4 members (excludes halogenated alkanes) is 1. The number of benzene rings is 1. The van der Waals surface area contributed by atoms with E-state index in [1.165, 1.54) is 24.0 Å². The first-order chi connectivity index (χ1) is 8.36. The van der Waals surface area contributed by atoms with Gasteiger partial charge in [0.2, 0.25) is 0 Å². The lowest BCUT2D eigenvalue weighted by Crippen LogP contribution is -2.31. The maximum Gasteiger partial charge on any atom is 0.457 e. The summed E-state index contributed by atoms with van der Waals surface area (Å²) in [6, 6.07) is 8.66. The summed E-state index contributed by atoms with van der Waals surface area (Å²) in [6.45, 7) is 2.21. The van der Waals surface area contributed by atoms with Crippen LogP contribution in [-0.4, -0.2) is 19.3 Å². The molecule has 2 atom stereocenters. The van der Waals surface area contributed by atoms with E-state index in [1.807, 2.05) is 0 Å². The third-order valence-electron chi connectivity index (χ3n) is 3.82. The predicted molar refractivity (Wildman–Crippen MR) is 69.1 cm³/mol. The minimum absolute atomic E-state index is 0.0410. The van der Waals surface area contributed by atoms with Crippen LogP contribution in [0.25, 0.3) is 0 Å². The fraction of sp³-hybridized carbons (Fsp3) is 0.571. The lowest BCUT2D eigenvalue weighted by atomic mass is 9.83. The average molecular weight is 230 g/mol. The fourth-order valence-corrected chi connectivity index (χ4v) is 2.85. The van der Waals surface area contributed by atoms with Gasteiger partial charge in [0.05, 0.1) is 12.2 Å². The van der Waals surface area contributed by atoms with Crippen LogP contribution < -0.4 is 0 Å². The van der Waals surface area contributed by atoms with Crippen molar-refractivity contribution in [2.45, 2.75) is 51.1 Å². The van der Waals surface area contributed by atoms with Crippen molar-refractivity contribution in [3.05, 3.63) is 35.4 Å². The molecule has 0 radical (unpaired) electrons. The van der Waals surface area contributed by atoms with Crippen LogP contribution in [0.15, 0.2) is 24.3 Å². The number of rotatable bonds is 3. The highest BCUT2D eigenvalue weighted by Crippen LogP contribution is 2.31. The van der Waals surface area contributed by atoms with Crippen LogP contribution in [0.5, 0.6) is 0 Å². The van der Waals surface area contributed by atoms with Crippen molar-refractivity contribution < 1.29 is 9.31 Å². The van der Waals surface area contributed by atoms with E-state index < -0.39 is 0 Å². The van der Waals surface area contributed by atoms with Crippen molar-refractivity contribution in [3.8, 4) is 0 Å². The minimum Gasteiger partial charge on any atom is -0.405 e. The molecule has 0 saturated carbocycles. The van der Waals surface area contributed by atoms with Gasteiger partial charge in [0, 0.05) is 0 Å². The highest BCUT2D eigenvalue weighted by Gasteiger charge is 2.41. The molecular weight excluding hydrogens is 211 g/mol. The van der Waals surface area contributed by atoms with E-state index in [9.17, 15) is 0 Å². The molecule has 1 aliphatic carbocycles. The monoisotopic (exact) mass is 230 g/mol. The van der Waals surface area contributed by atoms with Gasteiger partial charge >= 0.3 is 7.12 Å². The number of hydrogen-bond acceptors (Lipinski definition) is 2. The predicted octanol–water partition coefficient (Wildman–Crippen LogP) is 2.86. The highest BCUT2D eigenvalue weighted by molar-refractivity contribution is 6.45. The molecule has 1 fully saturated rings. The van der Waals surface area contributed by atoms with Gasteiger partial charge in [-0.1, -0.05) is 44.0 Å². The summed E-state index contributed by atoms with van der Waals surface area (Å²) in [5.41, 5.74) is 2.88. The molecule has 2 nitrogen and oxygen atoms in total. The Hall–Kier alpha value is -0.795. The Balaban J connectivity index is 1.68. The molecule has 0 spiro atoms. The SMILES string of the molecule is CCCCB1O[C@@H]2Cc3ccccc3C[C@H]2O1. The Kier molecular flexibility index (Phi) is 3.21. The Labute approximate surface area is 103 Å². The molecule has 90 valence electrons. The molecule has 3 heteroatoms. The van der Waals surface area contributed by atoms with E-state index in [1.54, 1.807) is 0 Å². The maximum absolute atomic E-state index is 6.00. The average Bonchev–Trinajstić information content (AvgIpc) is 2.75. The molecule has 0 amide bonds. The quantitative estimate of drug-likeness (QED) is 0.743. The minimum atomic E-state index is 0.0410. The molecule has 1 aromatic carbocycles. The second kappa shape index (κ2) is 4.83. The standard InChI is InChI=1S/C14H19BO2/c1-2-3-8-15-16-13-9-11-6-4-5-7-12(11)10-14(13)17-15/h4-7,13-14H,2-3,8-10H2,1H3/t13-,14-/m1/s1. The smallest absolute Gasteiger partial charge is 0.405 e. The third kappa shape index (κ3) is 2.27. The molecule has 3 rings (SSSR count). The molecule has 17 heavy (non-hydrogen) atoms. The molecule has 0 bridgehead atoms. The Morgan fingerprint density at radius 1 is 1.12 bits per heavy atom. The first-order valence-electron chi connectivity index (χ1n) is 6.74. The van der Waals surface area contributed by atoms with E-state index in [2.05, 4.69) is 31.2 Å². The van der Waals surface area contributed by atoms with Crippen molar-refractivity contribution >= 4 is 7.12 Å². The second-order valence-electron chi connectivity index (χ2n) is 5.10. The molecule has 1 saturated heterocycles. The van der Waals surface area contributed by atoms with E-state index in [4.69, 9.17) is 9.31 Å². The molecule has 0 aromatic heterocycles. The van der Waals surface area contributed by atoms with E-state index in [-0.39, 0.29) is 19.3 Å². The topological polar surface area (TPSA) is 18.5 Å². The van der Waals surface area contributed by atoms with Crippen LogP contribution in [0, 0.1) is 0 Å². The molecule has 1 aromatic rings. The van der Waals surface area contributed by atoms with Gasteiger partial charge in [-0.15, -0.1) is 0 Å². The zero-order valence-electron chi connectivity index (χ0n) is 10.4. The van der Waals surface area contributed by atoms with Crippen molar-refractivity contribution in [2.75, 3.05) is 0 Å². The summed E-state index contributed by atoms with van der Waals surface area (Å²) in [5.74, 6) is 0. The van der Waals surface area contributed by atoms with Gasteiger partial charge in [-0.05, 0) is 30.3 Å². The van der Waals surface area contributed by atoms with E-state index in [0.29, 0.717) is 0 Å². The Bertz CT molecular complexity index is 361. The first kappa shape index (κ1) is 11.3. The normalized spacial score (nSPS) is 26.8. The van der Waals surface area contributed by atoms with Gasteiger partial charge < -0.3 is 9.31 Å². The fourth-order valence-electron chi connectivity index (χ4n) is 2.85. The number of fused-ring (bicyclic) bond motifs is 2. The Morgan fingerprint density at radius 2 is 1.71 bits per heavy atom. The van der Waals surface area contributed by atoms with Crippen LogP contribution in [0.2, 0.25) is 6.32 Å². The summed E-state index contributed by atoms with van der Waals surface area (Å²) < 4.78 is 12.0. The molecule has 0 N–H and O–H groups in total. The highest BCUT2D eigenvalue weighted by atomic mass is 16.7. The molecule has 1 aliphatic heterocycles. The molecule has 1 heterocycles. The summed E-state index contributed by atoms with van der Waals surface area (Å²) in [6.07, 6.45) is 6.04. The second-order valence-corrected chi connectivity index (χ2v) is 5.10. The lowest BCUT2D eigenvalue weighted by molar-refractivity contribution is 0.145. The van der Waals surface area contributed by atoms with Crippen molar-refractivity contribution in [1.82, 2.24) is 0 Å². The van der Waals surface area contributed by atoms with E-state index in [0.717, 1.165) is 19.2 Å². The zero-order valence-corrected chi connectivity index (χ0v) is 10.4. The molecular formula is C14H19BO2. The molecule has 0 unspecified atom stereocenters. The van der Waals surface area contributed by atoms with Crippen LogP contribution in [-0.2, 0) is 22.2 Å². The van der Waals surface area contributed by atoms with Gasteiger partial charge in [0.1, 0.15) is 0 Å². The van der Waals surface area contributed by atoms with Crippen molar-refractivity contribution in [2.24, 2.45) is 0 Å². The van der Waals surface area contributed by atoms with Crippen LogP contribution in [0.1, 0.15) is 30.9 Å². The van der Waals surface area contributed by atoms with Crippen LogP contribution >= 0.6 is 0 Å². The number of hydrogen-bond donors (Lipinski definition) is 0. The van der Waals surface area contributed by atoms with Crippen molar-refractivity contribution in [1.29, 1.82) is 0 Å². The van der Waals surface area contributed by atoms with Gasteiger partial charge in [0.25, 0.3) is 0 Å². The van der Waals surface area contributed by atoms with Gasteiger partial charge in [-0.3, -0.25) is 0 Å². The van der Waals surface area contributed by atoms with Crippen LogP contribution in [0.3, 0.4) is 0 Å².